The second kappa shape index (κ2) is 13.9. The predicted molar refractivity (Wildman–Crippen MR) is 158 cm³/mol. The fraction of sp³-hybridized carbons (Fsp3) is 0.276. The molecule has 3 N–H and O–H groups in total. The number of anilines is 2. The number of unbranched alkanes of at least 4 members (excludes halogenated alkanes) is 3. The van der Waals surface area contributed by atoms with E-state index < -0.39 is 0 Å². The Bertz CT molecular complexity index is 1280. The molecule has 6 nitrogen and oxygen atoms in total. The lowest BCUT2D eigenvalue weighted by atomic mass is 10.1. The summed E-state index contributed by atoms with van der Waals surface area (Å²) in [4.78, 5) is 25.7. The molecule has 0 atom stereocenters. The number of benzene rings is 3. The number of ether oxygens (including phenoxy) is 1. The highest BCUT2D eigenvalue weighted by Crippen LogP contribution is 2.26. The van der Waals surface area contributed by atoms with Crippen LogP contribution in [0.2, 0.25) is 0 Å². The van der Waals surface area contributed by atoms with Gasteiger partial charge < -0.3 is 15.4 Å². The van der Waals surface area contributed by atoms with E-state index in [1.807, 2.05) is 32.0 Å². The zero-order chi connectivity index (χ0) is 26.8. The molecule has 3 aromatic carbocycles. The number of carbonyl (C=O) groups is 2. The number of amides is 2. The van der Waals surface area contributed by atoms with E-state index in [-0.39, 0.29) is 16.9 Å². The van der Waals surface area contributed by atoms with E-state index >= 15 is 0 Å². The minimum atomic E-state index is -0.371. The van der Waals surface area contributed by atoms with Crippen LogP contribution in [-0.2, 0) is 0 Å². The Morgan fingerprint density at radius 3 is 2.41 bits per heavy atom. The SMILES string of the molecule is CCCCCCOc1ccc(C(=O)NC(=S)Nc2ccccc2C(=O)Nc2ccc(C)c(C)c2)cc1Br. The molecule has 0 fully saturated rings. The number of hydrogen-bond donors (Lipinski definition) is 3. The van der Waals surface area contributed by atoms with Crippen LogP contribution in [0.4, 0.5) is 11.4 Å². The van der Waals surface area contributed by atoms with Crippen molar-refractivity contribution >= 4 is 56.4 Å². The zero-order valence-electron chi connectivity index (χ0n) is 21.3. The van der Waals surface area contributed by atoms with Crippen molar-refractivity contribution in [3.63, 3.8) is 0 Å². The van der Waals surface area contributed by atoms with Crippen molar-refractivity contribution in [2.45, 2.75) is 46.5 Å². The molecule has 0 unspecified atom stereocenters. The molecule has 0 spiro atoms. The maximum Gasteiger partial charge on any atom is 0.257 e. The number of aryl methyl sites for hydroxylation is 2. The second-order valence-corrected chi connectivity index (χ2v) is 10.0. The molecule has 3 rings (SSSR count). The predicted octanol–water partition coefficient (Wildman–Crippen LogP) is 7.40. The normalized spacial score (nSPS) is 10.5. The summed E-state index contributed by atoms with van der Waals surface area (Å²) in [5.74, 6) is 0.0388. The molecule has 0 aliphatic heterocycles. The summed E-state index contributed by atoms with van der Waals surface area (Å²) >= 11 is 8.84. The number of carbonyl (C=O) groups excluding carboxylic acids is 2. The molecule has 0 aliphatic carbocycles. The van der Waals surface area contributed by atoms with E-state index in [1.54, 1.807) is 42.5 Å². The monoisotopic (exact) mass is 581 g/mol. The van der Waals surface area contributed by atoms with E-state index in [4.69, 9.17) is 17.0 Å². The third-order valence-corrected chi connectivity index (χ3v) is 6.69. The van der Waals surface area contributed by atoms with Crippen LogP contribution < -0.4 is 20.7 Å². The van der Waals surface area contributed by atoms with Crippen LogP contribution in [0.25, 0.3) is 0 Å². The van der Waals surface area contributed by atoms with Crippen molar-refractivity contribution in [1.82, 2.24) is 5.32 Å². The first-order valence-electron chi connectivity index (χ1n) is 12.3. The fourth-order valence-electron chi connectivity index (χ4n) is 3.61. The molecular formula is C29H32BrN3O3S. The van der Waals surface area contributed by atoms with Crippen LogP contribution in [0.1, 0.15) is 64.4 Å². The largest absolute Gasteiger partial charge is 0.492 e. The average Bonchev–Trinajstić information content (AvgIpc) is 2.87. The lowest BCUT2D eigenvalue weighted by molar-refractivity contribution is 0.0976. The molecule has 0 bridgehead atoms. The Balaban J connectivity index is 1.60. The topological polar surface area (TPSA) is 79.5 Å². The van der Waals surface area contributed by atoms with Gasteiger partial charge in [0.1, 0.15) is 5.75 Å². The van der Waals surface area contributed by atoms with Crippen molar-refractivity contribution < 1.29 is 14.3 Å². The summed E-state index contributed by atoms with van der Waals surface area (Å²) in [5, 5.41) is 8.65. The average molecular weight is 583 g/mol. The molecule has 0 heterocycles. The zero-order valence-corrected chi connectivity index (χ0v) is 23.7. The Hall–Kier alpha value is -3.23. The number of para-hydroxylation sites is 1. The smallest absolute Gasteiger partial charge is 0.257 e. The molecular weight excluding hydrogens is 550 g/mol. The standard InChI is InChI=1S/C29H32BrN3O3S/c1-4-5-6-9-16-36-26-15-13-21(18-24(26)30)27(34)33-29(37)32-25-11-8-7-10-23(25)28(35)31-22-14-12-19(2)20(3)17-22/h7-8,10-15,17-18H,4-6,9,16H2,1-3H3,(H,31,35)(H2,32,33,34,37). The van der Waals surface area contributed by atoms with Crippen LogP contribution in [-0.4, -0.2) is 23.5 Å². The number of thiocarbonyl (C=S) groups is 1. The van der Waals surface area contributed by atoms with Crippen molar-refractivity contribution in [2.24, 2.45) is 0 Å². The summed E-state index contributed by atoms with van der Waals surface area (Å²) in [5.41, 5.74) is 4.26. The highest BCUT2D eigenvalue weighted by molar-refractivity contribution is 9.10. The summed E-state index contributed by atoms with van der Waals surface area (Å²) in [7, 11) is 0. The quantitative estimate of drug-likeness (QED) is 0.172. The van der Waals surface area contributed by atoms with Gasteiger partial charge in [0.05, 0.1) is 22.3 Å². The molecule has 0 radical (unpaired) electrons. The molecule has 0 aromatic heterocycles. The van der Waals surface area contributed by atoms with Gasteiger partial charge in [0.2, 0.25) is 0 Å². The number of nitrogens with one attached hydrogen (secondary N) is 3. The van der Waals surface area contributed by atoms with Crippen molar-refractivity contribution in [3.8, 4) is 5.75 Å². The van der Waals surface area contributed by atoms with E-state index in [0.29, 0.717) is 39.3 Å². The minimum absolute atomic E-state index is 0.0869. The first-order chi connectivity index (χ1) is 17.8. The van der Waals surface area contributed by atoms with Crippen LogP contribution >= 0.6 is 28.1 Å². The van der Waals surface area contributed by atoms with Gasteiger partial charge in [-0.2, -0.15) is 0 Å². The maximum absolute atomic E-state index is 13.0. The Kier molecular flexibility index (Phi) is 10.7. The lowest BCUT2D eigenvalue weighted by Crippen LogP contribution is -2.34. The minimum Gasteiger partial charge on any atom is -0.492 e. The van der Waals surface area contributed by atoms with E-state index in [0.717, 1.165) is 24.0 Å². The highest BCUT2D eigenvalue weighted by Gasteiger charge is 2.15. The van der Waals surface area contributed by atoms with Gasteiger partial charge in [0.15, 0.2) is 5.11 Å². The highest BCUT2D eigenvalue weighted by atomic mass is 79.9. The third-order valence-electron chi connectivity index (χ3n) is 5.86. The van der Waals surface area contributed by atoms with Crippen LogP contribution in [0.3, 0.4) is 0 Å². The van der Waals surface area contributed by atoms with Crippen LogP contribution in [0, 0.1) is 13.8 Å². The molecule has 8 heteroatoms. The molecule has 2 amide bonds. The van der Waals surface area contributed by atoms with Gasteiger partial charge >= 0.3 is 0 Å². The lowest BCUT2D eigenvalue weighted by Gasteiger charge is -2.14. The van der Waals surface area contributed by atoms with E-state index in [9.17, 15) is 9.59 Å². The fourth-order valence-corrected chi connectivity index (χ4v) is 4.30. The number of rotatable bonds is 10. The summed E-state index contributed by atoms with van der Waals surface area (Å²) in [6.45, 7) is 6.82. The molecule has 0 saturated heterocycles. The molecule has 0 saturated carbocycles. The first kappa shape index (κ1) is 28.3. The maximum atomic E-state index is 13.0. The third kappa shape index (κ3) is 8.40. The van der Waals surface area contributed by atoms with Gasteiger partial charge in [-0.15, -0.1) is 0 Å². The molecule has 0 aliphatic rings. The number of hydrogen-bond acceptors (Lipinski definition) is 4. The van der Waals surface area contributed by atoms with Crippen LogP contribution in [0.15, 0.2) is 65.1 Å². The van der Waals surface area contributed by atoms with Gasteiger partial charge in [-0.3, -0.25) is 14.9 Å². The Morgan fingerprint density at radius 2 is 1.68 bits per heavy atom. The summed E-state index contributed by atoms with van der Waals surface area (Å²) < 4.78 is 6.51. The van der Waals surface area contributed by atoms with Gasteiger partial charge in [-0.05, 0) is 102 Å². The Labute approximate surface area is 232 Å². The molecule has 37 heavy (non-hydrogen) atoms. The van der Waals surface area contributed by atoms with Crippen molar-refractivity contribution in [2.75, 3.05) is 17.2 Å². The van der Waals surface area contributed by atoms with Gasteiger partial charge in [0.25, 0.3) is 11.8 Å². The Morgan fingerprint density at radius 1 is 0.892 bits per heavy atom. The van der Waals surface area contributed by atoms with Gasteiger partial charge in [-0.1, -0.05) is 44.4 Å². The van der Waals surface area contributed by atoms with Gasteiger partial charge in [0, 0.05) is 11.3 Å². The van der Waals surface area contributed by atoms with Gasteiger partial charge in [-0.25, -0.2) is 0 Å². The van der Waals surface area contributed by atoms with E-state index in [1.165, 1.54) is 12.8 Å². The molecule has 3 aromatic rings. The summed E-state index contributed by atoms with van der Waals surface area (Å²) in [6.07, 6.45) is 4.50. The van der Waals surface area contributed by atoms with Crippen molar-refractivity contribution in [3.05, 3.63) is 87.4 Å². The second-order valence-electron chi connectivity index (χ2n) is 8.76. The first-order valence-corrected chi connectivity index (χ1v) is 13.5. The van der Waals surface area contributed by atoms with Crippen molar-refractivity contribution in [1.29, 1.82) is 0 Å². The van der Waals surface area contributed by atoms with Crippen LogP contribution in [0.5, 0.6) is 5.75 Å². The van der Waals surface area contributed by atoms with E-state index in [2.05, 4.69) is 38.8 Å². The summed E-state index contributed by atoms with van der Waals surface area (Å²) in [6, 6.07) is 17.9. The molecule has 194 valence electrons. The number of halogens is 1.